The van der Waals surface area contributed by atoms with Gasteiger partial charge in [0, 0.05) is 45.3 Å². The highest BCUT2D eigenvalue weighted by Crippen LogP contribution is 2.25. The molecule has 3 aliphatic heterocycles. The molecule has 0 saturated carbocycles. The molecule has 4 rings (SSSR count). The van der Waals surface area contributed by atoms with Gasteiger partial charge in [-0.05, 0) is 12.1 Å². The fourth-order valence-corrected chi connectivity index (χ4v) is 2.95. The SMILES string of the molecule is O=[N+]([O-])c1cc(F)ccc1NCC1CN2CCN1CC2. The minimum Gasteiger partial charge on any atom is -0.378 e. The van der Waals surface area contributed by atoms with E-state index in [-0.39, 0.29) is 5.69 Å². The lowest BCUT2D eigenvalue weighted by molar-refractivity contribution is -0.384. The Hall–Kier alpha value is -1.73. The Morgan fingerprint density at radius 3 is 2.70 bits per heavy atom. The maximum Gasteiger partial charge on any atom is 0.295 e. The van der Waals surface area contributed by atoms with E-state index in [1.165, 1.54) is 12.1 Å². The smallest absolute Gasteiger partial charge is 0.295 e. The van der Waals surface area contributed by atoms with E-state index in [1.54, 1.807) is 0 Å². The number of hydrogen-bond acceptors (Lipinski definition) is 5. The summed E-state index contributed by atoms with van der Waals surface area (Å²) in [5, 5.41) is 14.0. The molecular formula is C13H17FN4O2. The number of benzene rings is 1. The third kappa shape index (κ3) is 2.59. The molecule has 3 aliphatic rings. The third-order valence-corrected chi connectivity index (χ3v) is 4.08. The molecule has 3 heterocycles. The molecule has 0 spiro atoms. The quantitative estimate of drug-likeness (QED) is 0.662. The van der Waals surface area contributed by atoms with Crippen molar-refractivity contribution in [3.63, 3.8) is 0 Å². The van der Waals surface area contributed by atoms with E-state index in [4.69, 9.17) is 0 Å². The van der Waals surface area contributed by atoms with Gasteiger partial charge in [-0.2, -0.15) is 0 Å². The van der Waals surface area contributed by atoms with Crippen molar-refractivity contribution in [2.75, 3.05) is 44.6 Å². The van der Waals surface area contributed by atoms with Crippen molar-refractivity contribution in [2.45, 2.75) is 6.04 Å². The van der Waals surface area contributed by atoms with Crippen molar-refractivity contribution >= 4 is 11.4 Å². The first-order chi connectivity index (χ1) is 9.63. The summed E-state index contributed by atoms with van der Waals surface area (Å²) in [7, 11) is 0. The number of halogens is 1. The molecule has 1 aromatic rings. The molecule has 0 aliphatic carbocycles. The summed E-state index contributed by atoms with van der Waals surface area (Å²) in [6.45, 7) is 5.95. The molecule has 6 nitrogen and oxygen atoms in total. The fraction of sp³-hybridized carbons (Fsp3) is 0.538. The maximum atomic E-state index is 13.1. The van der Waals surface area contributed by atoms with Gasteiger partial charge in [0.1, 0.15) is 11.5 Å². The first kappa shape index (κ1) is 13.3. The van der Waals surface area contributed by atoms with Gasteiger partial charge < -0.3 is 5.32 Å². The lowest BCUT2D eigenvalue weighted by Gasteiger charge is -2.47. The van der Waals surface area contributed by atoms with E-state index in [2.05, 4.69) is 15.1 Å². The van der Waals surface area contributed by atoms with Crippen LogP contribution in [0.15, 0.2) is 18.2 Å². The van der Waals surface area contributed by atoms with E-state index >= 15 is 0 Å². The van der Waals surface area contributed by atoms with Crippen LogP contribution >= 0.6 is 0 Å². The molecule has 1 N–H and O–H groups in total. The zero-order chi connectivity index (χ0) is 14.1. The van der Waals surface area contributed by atoms with Crippen molar-refractivity contribution in [3.8, 4) is 0 Å². The predicted molar refractivity (Wildman–Crippen MR) is 73.3 cm³/mol. The van der Waals surface area contributed by atoms with E-state index in [0.717, 1.165) is 38.8 Å². The van der Waals surface area contributed by atoms with E-state index in [1.807, 2.05) is 0 Å². The van der Waals surface area contributed by atoms with Crippen LogP contribution in [0.4, 0.5) is 15.8 Å². The monoisotopic (exact) mass is 280 g/mol. The Bertz CT molecular complexity index is 517. The maximum absolute atomic E-state index is 13.1. The lowest BCUT2D eigenvalue weighted by atomic mass is 10.1. The normalized spacial score (nSPS) is 28.4. The third-order valence-electron chi connectivity index (χ3n) is 4.08. The Kier molecular flexibility index (Phi) is 3.54. The Balaban J connectivity index is 1.68. The number of anilines is 1. The highest BCUT2D eigenvalue weighted by molar-refractivity contribution is 5.61. The van der Waals surface area contributed by atoms with Crippen LogP contribution in [0.5, 0.6) is 0 Å². The van der Waals surface area contributed by atoms with Crippen molar-refractivity contribution in [2.24, 2.45) is 0 Å². The zero-order valence-electron chi connectivity index (χ0n) is 11.1. The zero-order valence-corrected chi connectivity index (χ0v) is 11.1. The summed E-state index contributed by atoms with van der Waals surface area (Å²) < 4.78 is 13.1. The summed E-state index contributed by atoms with van der Waals surface area (Å²) in [5.41, 5.74) is 0.176. The highest BCUT2D eigenvalue weighted by Gasteiger charge is 2.31. The van der Waals surface area contributed by atoms with Gasteiger partial charge in [-0.25, -0.2) is 4.39 Å². The number of nitro benzene ring substituents is 1. The largest absolute Gasteiger partial charge is 0.378 e. The molecule has 108 valence electrons. The summed E-state index contributed by atoms with van der Waals surface area (Å²) in [5.74, 6) is -0.589. The molecule has 2 bridgehead atoms. The minimum absolute atomic E-state index is 0.207. The second-order valence-corrected chi connectivity index (χ2v) is 5.29. The molecule has 0 radical (unpaired) electrons. The summed E-state index contributed by atoms with van der Waals surface area (Å²) >= 11 is 0. The van der Waals surface area contributed by atoms with E-state index < -0.39 is 10.7 Å². The lowest BCUT2D eigenvalue weighted by Crippen LogP contribution is -2.62. The predicted octanol–water partition coefficient (Wildman–Crippen LogP) is 1.15. The number of piperazine rings is 3. The van der Waals surface area contributed by atoms with Crippen LogP contribution in [-0.2, 0) is 0 Å². The van der Waals surface area contributed by atoms with Crippen LogP contribution in [0.1, 0.15) is 0 Å². The van der Waals surface area contributed by atoms with Gasteiger partial charge in [0.25, 0.3) is 5.69 Å². The minimum atomic E-state index is -0.589. The molecule has 1 unspecified atom stereocenters. The summed E-state index contributed by atoms with van der Waals surface area (Å²) in [6.07, 6.45) is 0. The molecule has 3 fully saturated rings. The number of nitrogens with one attached hydrogen (secondary N) is 1. The van der Waals surface area contributed by atoms with Crippen molar-refractivity contribution in [1.82, 2.24) is 9.80 Å². The number of nitrogens with zero attached hydrogens (tertiary/aromatic N) is 3. The van der Waals surface area contributed by atoms with Crippen LogP contribution in [0.25, 0.3) is 0 Å². The van der Waals surface area contributed by atoms with Crippen LogP contribution in [0.2, 0.25) is 0 Å². The van der Waals surface area contributed by atoms with Gasteiger partial charge in [-0.3, -0.25) is 19.9 Å². The first-order valence-corrected chi connectivity index (χ1v) is 6.78. The Morgan fingerprint density at radius 2 is 2.10 bits per heavy atom. The summed E-state index contributed by atoms with van der Waals surface area (Å²) in [4.78, 5) is 15.2. The molecule has 7 heteroatoms. The van der Waals surface area contributed by atoms with E-state index in [0.29, 0.717) is 18.3 Å². The molecule has 20 heavy (non-hydrogen) atoms. The van der Waals surface area contributed by atoms with E-state index in [9.17, 15) is 14.5 Å². The topological polar surface area (TPSA) is 61.7 Å². The fourth-order valence-electron chi connectivity index (χ4n) is 2.95. The van der Waals surface area contributed by atoms with Crippen LogP contribution in [0, 0.1) is 15.9 Å². The van der Waals surface area contributed by atoms with Crippen LogP contribution in [-0.4, -0.2) is 60.0 Å². The van der Waals surface area contributed by atoms with Crippen molar-refractivity contribution in [3.05, 3.63) is 34.1 Å². The van der Waals surface area contributed by atoms with Gasteiger partial charge in [-0.1, -0.05) is 0 Å². The van der Waals surface area contributed by atoms with Crippen molar-refractivity contribution in [1.29, 1.82) is 0 Å². The number of fused-ring (bicyclic) bond motifs is 3. The van der Waals surface area contributed by atoms with Gasteiger partial charge >= 0.3 is 0 Å². The Labute approximate surface area is 116 Å². The second kappa shape index (κ2) is 5.34. The molecule has 1 atom stereocenters. The molecule has 0 amide bonds. The molecule has 1 aromatic carbocycles. The van der Waals surface area contributed by atoms with Crippen LogP contribution in [0.3, 0.4) is 0 Å². The number of rotatable bonds is 4. The first-order valence-electron chi connectivity index (χ1n) is 6.78. The average molecular weight is 280 g/mol. The standard InChI is InChI=1S/C13H17FN4O2/c14-10-1-2-12(13(7-10)18(19)20)15-8-11-9-16-3-5-17(11)6-4-16/h1-2,7,11,15H,3-6,8-9H2. The Morgan fingerprint density at radius 1 is 1.35 bits per heavy atom. The number of hydrogen-bond donors (Lipinski definition) is 1. The van der Waals surface area contributed by atoms with Gasteiger partial charge in [0.15, 0.2) is 0 Å². The molecular weight excluding hydrogens is 263 g/mol. The van der Waals surface area contributed by atoms with Gasteiger partial charge in [0.2, 0.25) is 0 Å². The van der Waals surface area contributed by atoms with Crippen molar-refractivity contribution < 1.29 is 9.31 Å². The van der Waals surface area contributed by atoms with Gasteiger partial charge in [0.05, 0.1) is 11.0 Å². The number of nitro groups is 1. The van der Waals surface area contributed by atoms with Crippen LogP contribution < -0.4 is 5.32 Å². The average Bonchev–Trinajstić information content (AvgIpc) is 2.47. The van der Waals surface area contributed by atoms with Gasteiger partial charge in [-0.15, -0.1) is 0 Å². The molecule has 0 aromatic heterocycles. The summed E-state index contributed by atoms with van der Waals surface area (Å²) in [6, 6.07) is 4.00. The molecule has 3 saturated heterocycles. The second-order valence-electron chi connectivity index (χ2n) is 5.29. The highest BCUT2D eigenvalue weighted by atomic mass is 19.1.